The molecule has 5 heterocycles. The fourth-order valence-electron chi connectivity index (χ4n) is 7.37. The van der Waals surface area contributed by atoms with Crippen molar-refractivity contribution in [2.75, 3.05) is 55.3 Å². The minimum atomic E-state index is -3.14. The SMILES string of the molecule is Cc1cc(C2CCN(C3CN(C(=O)OC(C)(C)C)C3)CC2)cc2c1OCc1c(N3CCC(S(C)(=O)=O)CC3)ncnc1N2C(=O)OC(C)(C)C. The molecular weight excluding hydrogens is 660 g/mol. The molecule has 0 radical (unpaired) electrons. The summed E-state index contributed by atoms with van der Waals surface area (Å²) in [5.41, 5.74) is 2.02. The van der Waals surface area contributed by atoms with Crippen molar-refractivity contribution in [1.82, 2.24) is 19.8 Å². The number of likely N-dealkylation sites (tertiary alicyclic amines) is 2. The standard InChI is InChI=1S/C36H52N6O7S/c1-23-17-25(24-9-13-39(14-10-24)26-19-41(20-26)33(43)48-35(2,3)4)18-29-30(23)47-21-28-31(40-15-11-27(12-16-40)50(8,45)46)37-22-38-32(28)42(29)34(44)49-36(5,6)7/h17-18,22,24,26-27H,9-16,19-21H2,1-8H3. The van der Waals surface area contributed by atoms with Crippen LogP contribution in [0.1, 0.15) is 89.8 Å². The van der Waals surface area contributed by atoms with Gasteiger partial charge in [0.1, 0.15) is 45.5 Å². The average Bonchev–Trinajstić information content (AvgIpc) is 3.16. The highest BCUT2D eigenvalue weighted by molar-refractivity contribution is 7.91. The molecule has 13 nitrogen and oxygen atoms in total. The summed E-state index contributed by atoms with van der Waals surface area (Å²) in [5, 5.41) is -0.383. The van der Waals surface area contributed by atoms with Crippen molar-refractivity contribution in [1.29, 1.82) is 0 Å². The summed E-state index contributed by atoms with van der Waals surface area (Å²) in [4.78, 5) is 43.7. The van der Waals surface area contributed by atoms with Crippen LogP contribution in [0.4, 0.5) is 26.9 Å². The molecule has 0 unspecified atom stereocenters. The summed E-state index contributed by atoms with van der Waals surface area (Å²) in [6.45, 7) is 17.5. The largest absolute Gasteiger partial charge is 0.486 e. The van der Waals surface area contributed by atoms with Gasteiger partial charge >= 0.3 is 12.2 Å². The molecule has 6 rings (SSSR count). The number of sulfone groups is 1. The van der Waals surface area contributed by atoms with Crippen molar-refractivity contribution >= 4 is 39.3 Å². The minimum absolute atomic E-state index is 0.143. The van der Waals surface area contributed by atoms with E-state index in [1.54, 1.807) is 4.90 Å². The molecule has 0 aliphatic carbocycles. The van der Waals surface area contributed by atoms with Crippen LogP contribution in [-0.4, -0.2) is 108 Å². The van der Waals surface area contributed by atoms with E-state index in [4.69, 9.17) is 14.2 Å². The molecule has 0 N–H and O–H groups in total. The number of anilines is 3. The maximum atomic E-state index is 14.1. The Hall–Kier alpha value is -3.65. The Bertz CT molecular complexity index is 1720. The lowest BCUT2D eigenvalue weighted by Crippen LogP contribution is -2.62. The normalized spacial score (nSPS) is 20.0. The summed E-state index contributed by atoms with van der Waals surface area (Å²) >= 11 is 0. The average molecular weight is 713 g/mol. The Morgan fingerprint density at radius 2 is 1.46 bits per heavy atom. The quantitative estimate of drug-likeness (QED) is 0.394. The Morgan fingerprint density at radius 1 is 0.860 bits per heavy atom. The zero-order valence-corrected chi connectivity index (χ0v) is 31.5. The van der Waals surface area contributed by atoms with Gasteiger partial charge in [0, 0.05) is 38.5 Å². The van der Waals surface area contributed by atoms with Crippen molar-refractivity contribution in [2.45, 2.75) is 109 Å². The van der Waals surface area contributed by atoms with Crippen molar-refractivity contribution < 1.29 is 32.2 Å². The lowest BCUT2D eigenvalue weighted by molar-refractivity contribution is -0.0196. The van der Waals surface area contributed by atoms with Gasteiger partial charge in [0.2, 0.25) is 0 Å². The fraction of sp³-hybridized carbons (Fsp3) is 0.667. The highest BCUT2D eigenvalue weighted by Crippen LogP contribution is 2.46. The van der Waals surface area contributed by atoms with Crippen LogP contribution in [0.2, 0.25) is 0 Å². The van der Waals surface area contributed by atoms with Gasteiger partial charge in [0.05, 0.1) is 16.5 Å². The van der Waals surface area contributed by atoms with Crippen molar-refractivity contribution in [3.63, 3.8) is 0 Å². The molecule has 0 atom stereocenters. The zero-order chi connectivity index (χ0) is 36.2. The maximum Gasteiger partial charge on any atom is 0.420 e. The smallest absolute Gasteiger partial charge is 0.420 e. The van der Waals surface area contributed by atoms with Crippen LogP contribution in [0, 0.1) is 6.92 Å². The molecule has 3 saturated heterocycles. The van der Waals surface area contributed by atoms with E-state index in [2.05, 4.69) is 31.9 Å². The van der Waals surface area contributed by atoms with Gasteiger partial charge < -0.3 is 24.0 Å². The van der Waals surface area contributed by atoms with Gasteiger partial charge in [-0.1, -0.05) is 6.07 Å². The van der Waals surface area contributed by atoms with E-state index in [-0.39, 0.29) is 23.9 Å². The number of hydrogen-bond donors (Lipinski definition) is 0. The second-order valence-electron chi connectivity index (χ2n) is 16.2. The number of amides is 2. The first-order valence-corrected chi connectivity index (χ1v) is 19.6. The monoisotopic (exact) mass is 712 g/mol. The lowest BCUT2D eigenvalue weighted by atomic mass is 9.87. The predicted octanol–water partition coefficient (Wildman–Crippen LogP) is 5.56. The zero-order valence-electron chi connectivity index (χ0n) is 30.7. The van der Waals surface area contributed by atoms with Gasteiger partial charge in [-0.2, -0.15) is 0 Å². The molecule has 50 heavy (non-hydrogen) atoms. The number of fused-ring (bicyclic) bond motifs is 2. The van der Waals surface area contributed by atoms with E-state index in [0.717, 1.165) is 37.1 Å². The number of aromatic nitrogens is 2. The number of carbonyl (C=O) groups is 2. The summed E-state index contributed by atoms with van der Waals surface area (Å²) in [6.07, 6.45) is 4.83. The molecular formula is C36H52N6O7S. The molecule has 0 spiro atoms. The minimum Gasteiger partial charge on any atom is -0.486 e. The second-order valence-corrected chi connectivity index (χ2v) is 18.5. The van der Waals surface area contributed by atoms with E-state index in [1.807, 2.05) is 48.5 Å². The molecule has 2 aromatic rings. The van der Waals surface area contributed by atoms with Crippen molar-refractivity contribution in [3.05, 3.63) is 35.2 Å². The molecule has 0 saturated carbocycles. The third kappa shape index (κ3) is 7.80. The van der Waals surface area contributed by atoms with Gasteiger partial charge in [0.25, 0.3) is 0 Å². The highest BCUT2D eigenvalue weighted by atomic mass is 32.2. The summed E-state index contributed by atoms with van der Waals surface area (Å²) in [5.74, 6) is 1.90. The molecule has 14 heteroatoms. The van der Waals surface area contributed by atoms with Gasteiger partial charge in [-0.3, -0.25) is 4.90 Å². The van der Waals surface area contributed by atoms with E-state index < -0.39 is 27.1 Å². The van der Waals surface area contributed by atoms with Crippen LogP contribution < -0.4 is 14.5 Å². The van der Waals surface area contributed by atoms with E-state index in [1.165, 1.54) is 17.5 Å². The summed E-state index contributed by atoms with van der Waals surface area (Å²) in [7, 11) is -3.14. The Balaban J connectivity index is 1.24. The first-order chi connectivity index (χ1) is 23.4. The molecule has 1 aromatic heterocycles. The molecule has 3 fully saturated rings. The molecule has 2 amide bonds. The molecule has 4 aliphatic heterocycles. The van der Waals surface area contributed by atoms with Gasteiger partial charge in [-0.25, -0.2) is 32.9 Å². The summed E-state index contributed by atoms with van der Waals surface area (Å²) in [6, 6.07) is 4.54. The topological polar surface area (TPSA) is 135 Å². The first kappa shape index (κ1) is 36.2. The van der Waals surface area contributed by atoms with Crippen LogP contribution >= 0.6 is 0 Å². The lowest BCUT2D eigenvalue weighted by Gasteiger charge is -2.47. The Kier molecular flexibility index (Phi) is 9.75. The van der Waals surface area contributed by atoms with Crippen molar-refractivity contribution in [3.8, 4) is 5.75 Å². The van der Waals surface area contributed by atoms with E-state index >= 15 is 0 Å². The molecule has 1 aromatic carbocycles. The number of benzene rings is 1. The van der Waals surface area contributed by atoms with Gasteiger partial charge in [0.15, 0.2) is 5.82 Å². The number of carbonyl (C=O) groups excluding carboxylic acids is 2. The highest BCUT2D eigenvalue weighted by Gasteiger charge is 2.40. The summed E-state index contributed by atoms with van der Waals surface area (Å²) < 4.78 is 42.5. The van der Waals surface area contributed by atoms with Crippen LogP contribution in [-0.2, 0) is 25.9 Å². The van der Waals surface area contributed by atoms with Gasteiger partial charge in [-0.05, 0) is 110 Å². The number of rotatable bonds is 4. The number of hydrogen-bond acceptors (Lipinski definition) is 11. The molecule has 274 valence electrons. The number of ether oxygens (including phenoxy) is 3. The second kappa shape index (κ2) is 13.5. The predicted molar refractivity (Wildman–Crippen MR) is 191 cm³/mol. The maximum absolute atomic E-state index is 14.1. The number of aryl methyl sites for hydroxylation is 1. The van der Waals surface area contributed by atoms with Crippen LogP contribution in [0.25, 0.3) is 0 Å². The van der Waals surface area contributed by atoms with Crippen LogP contribution in [0.3, 0.4) is 0 Å². The molecule has 0 bridgehead atoms. The number of nitrogens with zero attached hydrogens (tertiary/aromatic N) is 6. The Labute approximate surface area is 296 Å². The van der Waals surface area contributed by atoms with E-state index in [9.17, 15) is 18.0 Å². The van der Waals surface area contributed by atoms with Crippen LogP contribution in [0.5, 0.6) is 5.75 Å². The third-order valence-corrected chi connectivity index (χ3v) is 11.6. The Morgan fingerprint density at radius 3 is 2.06 bits per heavy atom. The van der Waals surface area contributed by atoms with Gasteiger partial charge in [-0.15, -0.1) is 0 Å². The first-order valence-electron chi connectivity index (χ1n) is 17.7. The third-order valence-electron chi connectivity index (χ3n) is 9.95. The van der Waals surface area contributed by atoms with E-state index in [0.29, 0.717) is 73.7 Å². The number of piperidine rings is 2. The van der Waals surface area contributed by atoms with Crippen LogP contribution in [0.15, 0.2) is 18.5 Å². The van der Waals surface area contributed by atoms with Crippen molar-refractivity contribution in [2.24, 2.45) is 0 Å². The molecule has 4 aliphatic rings. The fourth-order valence-corrected chi connectivity index (χ4v) is 8.43.